The van der Waals surface area contributed by atoms with Crippen LogP contribution >= 0.6 is 0 Å². The van der Waals surface area contributed by atoms with Crippen LogP contribution in [0.15, 0.2) is 57.7 Å². The first kappa shape index (κ1) is 11.7. The van der Waals surface area contributed by atoms with E-state index < -0.39 is 0 Å². The number of hydrogen-bond donors (Lipinski definition) is 0. The molecule has 2 aromatic carbocycles. The molecule has 0 amide bonds. The average Bonchev–Trinajstić information content (AvgIpc) is 2.41. The van der Waals surface area contributed by atoms with Gasteiger partial charge in [-0.2, -0.15) is 0 Å². The Morgan fingerprint density at radius 3 is 2.37 bits per heavy atom. The molecule has 19 heavy (non-hydrogen) atoms. The van der Waals surface area contributed by atoms with Gasteiger partial charge in [0.15, 0.2) is 0 Å². The molecule has 1 aromatic heterocycles. The molecule has 0 spiro atoms. The second-order valence-electron chi connectivity index (χ2n) is 4.71. The number of aryl methyl sites for hydroxylation is 2. The first-order valence-corrected chi connectivity index (χ1v) is 6.27. The van der Waals surface area contributed by atoms with Crippen LogP contribution in [-0.2, 0) is 0 Å². The fourth-order valence-electron chi connectivity index (χ4n) is 2.45. The molecule has 3 aromatic rings. The van der Waals surface area contributed by atoms with Crippen molar-refractivity contribution in [2.24, 2.45) is 0 Å². The highest BCUT2D eigenvalue weighted by atomic mass is 16.4. The lowest BCUT2D eigenvalue weighted by molar-refractivity contribution is 0.560. The van der Waals surface area contributed by atoms with Crippen LogP contribution in [0, 0.1) is 13.8 Å². The third kappa shape index (κ3) is 1.85. The molecule has 0 aliphatic heterocycles. The minimum Gasteiger partial charge on any atom is -0.422 e. The summed E-state index contributed by atoms with van der Waals surface area (Å²) in [6.45, 7) is 3.92. The van der Waals surface area contributed by atoms with Crippen molar-refractivity contribution in [2.75, 3.05) is 0 Å². The molecule has 0 aliphatic rings. The van der Waals surface area contributed by atoms with E-state index in [4.69, 9.17) is 4.42 Å². The number of para-hydroxylation sites is 1. The fourth-order valence-corrected chi connectivity index (χ4v) is 2.45. The summed E-state index contributed by atoms with van der Waals surface area (Å²) in [5, 5.41) is 0.999. The van der Waals surface area contributed by atoms with Gasteiger partial charge in [-0.3, -0.25) is 0 Å². The Balaban J connectivity index is 2.43. The summed E-state index contributed by atoms with van der Waals surface area (Å²) in [7, 11) is 0. The first-order chi connectivity index (χ1) is 9.18. The van der Waals surface area contributed by atoms with Crippen LogP contribution in [-0.4, -0.2) is 0 Å². The zero-order valence-corrected chi connectivity index (χ0v) is 10.9. The molecule has 0 unspecified atom stereocenters. The summed E-state index contributed by atoms with van der Waals surface area (Å²) in [4.78, 5) is 12.2. The standard InChI is InChI=1S/C17H14O2/c1-11-7-6-10-14-12(2)15(17(18)19-16(11)14)13-8-4-3-5-9-13/h3-10H,1-2H3. The minimum absolute atomic E-state index is 0.273. The number of benzene rings is 2. The SMILES string of the molecule is Cc1c(-c2ccccc2)c(=O)oc2c(C)cccc12. The Hall–Kier alpha value is -2.35. The Morgan fingerprint density at radius 2 is 1.63 bits per heavy atom. The van der Waals surface area contributed by atoms with Gasteiger partial charge in [0.2, 0.25) is 0 Å². The maximum Gasteiger partial charge on any atom is 0.344 e. The highest BCUT2D eigenvalue weighted by Crippen LogP contribution is 2.27. The number of rotatable bonds is 1. The molecule has 0 saturated carbocycles. The van der Waals surface area contributed by atoms with Gasteiger partial charge >= 0.3 is 5.63 Å². The Bertz CT molecular complexity index is 799. The zero-order valence-electron chi connectivity index (χ0n) is 10.9. The van der Waals surface area contributed by atoms with Crippen molar-refractivity contribution < 1.29 is 4.42 Å². The summed E-state index contributed by atoms with van der Waals surface area (Å²) >= 11 is 0. The van der Waals surface area contributed by atoms with Gasteiger partial charge in [0, 0.05) is 5.39 Å². The molecule has 0 radical (unpaired) electrons. The van der Waals surface area contributed by atoms with Crippen molar-refractivity contribution in [3.8, 4) is 11.1 Å². The molecule has 0 bridgehead atoms. The van der Waals surface area contributed by atoms with Crippen LogP contribution in [0.4, 0.5) is 0 Å². The molecule has 2 nitrogen and oxygen atoms in total. The summed E-state index contributed by atoms with van der Waals surface area (Å²) in [6.07, 6.45) is 0. The largest absolute Gasteiger partial charge is 0.422 e. The van der Waals surface area contributed by atoms with Crippen LogP contribution in [0.25, 0.3) is 22.1 Å². The molecule has 0 fully saturated rings. The maximum atomic E-state index is 12.2. The normalized spacial score (nSPS) is 10.8. The second kappa shape index (κ2) is 4.39. The number of hydrogen-bond acceptors (Lipinski definition) is 2. The second-order valence-corrected chi connectivity index (χ2v) is 4.71. The van der Waals surface area contributed by atoms with Crippen LogP contribution in [0.3, 0.4) is 0 Å². The van der Waals surface area contributed by atoms with E-state index in [-0.39, 0.29) is 5.63 Å². The molecular weight excluding hydrogens is 236 g/mol. The van der Waals surface area contributed by atoms with Crippen LogP contribution in [0.1, 0.15) is 11.1 Å². The predicted octanol–water partition coefficient (Wildman–Crippen LogP) is 4.08. The van der Waals surface area contributed by atoms with Gasteiger partial charge < -0.3 is 4.42 Å². The lowest BCUT2D eigenvalue weighted by atomic mass is 9.99. The van der Waals surface area contributed by atoms with E-state index in [9.17, 15) is 4.79 Å². The Morgan fingerprint density at radius 1 is 0.895 bits per heavy atom. The van der Waals surface area contributed by atoms with Crippen molar-refractivity contribution >= 4 is 11.0 Å². The van der Waals surface area contributed by atoms with Gasteiger partial charge in [-0.15, -0.1) is 0 Å². The van der Waals surface area contributed by atoms with Gasteiger partial charge in [0.25, 0.3) is 0 Å². The Labute approximate surface area is 111 Å². The van der Waals surface area contributed by atoms with E-state index in [0.29, 0.717) is 11.1 Å². The highest BCUT2D eigenvalue weighted by Gasteiger charge is 2.13. The van der Waals surface area contributed by atoms with E-state index in [0.717, 1.165) is 22.1 Å². The molecule has 0 aliphatic carbocycles. The van der Waals surface area contributed by atoms with Gasteiger partial charge in [-0.05, 0) is 30.5 Å². The van der Waals surface area contributed by atoms with Gasteiger partial charge in [0.05, 0.1) is 5.56 Å². The predicted molar refractivity (Wildman–Crippen MR) is 77.4 cm³/mol. The zero-order chi connectivity index (χ0) is 13.4. The third-order valence-electron chi connectivity index (χ3n) is 3.45. The molecule has 0 saturated heterocycles. The van der Waals surface area contributed by atoms with Crippen molar-refractivity contribution in [3.05, 3.63) is 70.1 Å². The average molecular weight is 250 g/mol. The maximum absolute atomic E-state index is 12.2. The lowest BCUT2D eigenvalue weighted by Gasteiger charge is -2.09. The highest BCUT2D eigenvalue weighted by molar-refractivity contribution is 5.88. The van der Waals surface area contributed by atoms with Crippen molar-refractivity contribution in [1.82, 2.24) is 0 Å². The van der Waals surface area contributed by atoms with Gasteiger partial charge in [-0.25, -0.2) is 4.79 Å². The molecule has 2 heteroatoms. The lowest BCUT2D eigenvalue weighted by Crippen LogP contribution is -2.06. The van der Waals surface area contributed by atoms with Gasteiger partial charge in [-0.1, -0.05) is 48.5 Å². The summed E-state index contributed by atoms with van der Waals surface area (Å²) in [5.41, 5.74) is 3.92. The van der Waals surface area contributed by atoms with E-state index in [1.807, 2.05) is 62.4 Å². The van der Waals surface area contributed by atoms with E-state index in [1.165, 1.54) is 0 Å². The fraction of sp³-hybridized carbons (Fsp3) is 0.118. The third-order valence-corrected chi connectivity index (χ3v) is 3.45. The van der Waals surface area contributed by atoms with Crippen molar-refractivity contribution in [2.45, 2.75) is 13.8 Å². The Kier molecular flexibility index (Phi) is 2.71. The quantitative estimate of drug-likeness (QED) is 0.609. The van der Waals surface area contributed by atoms with E-state index in [1.54, 1.807) is 0 Å². The van der Waals surface area contributed by atoms with Crippen LogP contribution < -0.4 is 5.63 Å². The van der Waals surface area contributed by atoms with Crippen molar-refractivity contribution in [1.29, 1.82) is 0 Å². The molecule has 1 heterocycles. The molecule has 0 N–H and O–H groups in total. The van der Waals surface area contributed by atoms with E-state index >= 15 is 0 Å². The van der Waals surface area contributed by atoms with Crippen molar-refractivity contribution in [3.63, 3.8) is 0 Å². The van der Waals surface area contributed by atoms with Crippen LogP contribution in [0.5, 0.6) is 0 Å². The smallest absolute Gasteiger partial charge is 0.344 e. The summed E-state index contributed by atoms with van der Waals surface area (Å²) in [6, 6.07) is 15.6. The van der Waals surface area contributed by atoms with Crippen LogP contribution in [0.2, 0.25) is 0 Å². The first-order valence-electron chi connectivity index (χ1n) is 6.27. The monoisotopic (exact) mass is 250 g/mol. The number of fused-ring (bicyclic) bond motifs is 1. The van der Waals surface area contributed by atoms with Gasteiger partial charge in [0.1, 0.15) is 5.58 Å². The summed E-state index contributed by atoms with van der Waals surface area (Å²) in [5.74, 6) is 0. The van der Waals surface area contributed by atoms with E-state index in [2.05, 4.69) is 0 Å². The molecule has 0 atom stereocenters. The molecular formula is C17H14O2. The minimum atomic E-state index is -0.273. The molecule has 94 valence electrons. The topological polar surface area (TPSA) is 30.2 Å². The molecule has 3 rings (SSSR count). The summed E-state index contributed by atoms with van der Waals surface area (Å²) < 4.78 is 5.50.